The normalized spacial score (nSPS) is 24.5. The van der Waals surface area contributed by atoms with Gasteiger partial charge in [0.1, 0.15) is 0 Å². The van der Waals surface area contributed by atoms with Crippen molar-refractivity contribution in [1.82, 2.24) is 4.72 Å². The fourth-order valence-electron chi connectivity index (χ4n) is 6.50. The molecule has 0 aliphatic carbocycles. The standard InChI is InChI=1S/C31H35N3O4S/c1-30(2,3)32-39(37,38)26-18-10-22(11-19-26)31(36)27-6-4-5-7-28(27)33(29(31)35)20-21-8-12-23(13-9-21)34-24-14-15-25(34)17-16-24/h4-13,18-19,24-25,32,36H,14-17,20H2,1-3H3. The first-order valence-corrected chi connectivity index (χ1v) is 15.1. The van der Waals surface area contributed by atoms with Gasteiger partial charge in [0.25, 0.3) is 5.91 Å². The highest BCUT2D eigenvalue weighted by Crippen LogP contribution is 2.45. The van der Waals surface area contributed by atoms with Crippen LogP contribution in [0.3, 0.4) is 0 Å². The number of rotatable bonds is 6. The Hall–Kier alpha value is -3.20. The molecule has 3 heterocycles. The van der Waals surface area contributed by atoms with E-state index >= 15 is 0 Å². The summed E-state index contributed by atoms with van der Waals surface area (Å²) < 4.78 is 28.2. The zero-order chi connectivity index (χ0) is 27.6. The minimum Gasteiger partial charge on any atom is -0.372 e. The van der Waals surface area contributed by atoms with Crippen LogP contribution in [0.4, 0.5) is 11.4 Å². The number of carbonyl (C=O) groups is 1. The zero-order valence-electron chi connectivity index (χ0n) is 22.6. The average Bonchev–Trinajstić information content (AvgIpc) is 3.56. The van der Waals surface area contributed by atoms with Crippen LogP contribution >= 0.6 is 0 Å². The molecular weight excluding hydrogens is 510 g/mol. The van der Waals surface area contributed by atoms with Crippen LogP contribution in [0.15, 0.2) is 77.7 Å². The van der Waals surface area contributed by atoms with Gasteiger partial charge in [0.05, 0.1) is 17.1 Å². The lowest BCUT2D eigenvalue weighted by atomic mass is 9.87. The summed E-state index contributed by atoms with van der Waals surface area (Å²) in [6.07, 6.45) is 5.07. The second kappa shape index (κ2) is 9.18. The molecule has 0 saturated carbocycles. The fraction of sp³-hybridized carbons (Fsp3) is 0.387. The maximum Gasteiger partial charge on any atom is 0.268 e. The van der Waals surface area contributed by atoms with Gasteiger partial charge in [0.15, 0.2) is 5.60 Å². The Bertz CT molecular complexity index is 1490. The van der Waals surface area contributed by atoms with E-state index in [9.17, 15) is 18.3 Å². The van der Waals surface area contributed by atoms with Crippen LogP contribution in [0.5, 0.6) is 0 Å². The molecule has 1 amide bonds. The van der Waals surface area contributed by atoms with Crippen LogP contribution in [-0.2, 0) is 27.0 Å². The number of amides is 1. The van der Waals surface area contributed by atoms with Gasteiger partial charge in [0, 0.05) is 28.9 Å². The van der Waals surface area contributed by atoms with Crippen molar-refractivity contribution in [2.45, 2.75) is 81.1 Å². The maximum atomic E-state index is 13.9. The van der Waals surface area contributed by atoms with Crippen LogP contribution in [0.2, 0.25) is 0 Å². The van der Waals surface area contributed by atoms with Gasteiger partial charge in [0.2, 0.25) is 10.0 Å². The second-order valence-electron chi connectivity index (χ2n) is 12.0. The molecule has 39 heavy (non-hydrogen) atoms. The van der Waals surface area contributed by atoms with Crippen LogP contribution in [0, 0.1) is 0 Å². The molecule has 3 aliphatic heterocycles. The summed E-state index contributed by atoms with van der Waals surface area (Å²) in [6.45, 7) is 5.64. The van der Waals surface area contributed by atoms with Gasteiger partial charge in [-0.1, -0.05) is 42.5 Å². The summed E-state index contributed by atoms with van der Waals surface area (Å²) in [4.78, 5) is 18.1. The van der Waals surface area contributed by atoms with Crippen molar-refractivity contribution in [1.29, 1.82) is 0 Å². The summed E-state index contributed by atoms with van der Waals surface area (Å²) in [5.41, 5.74) is 1.14. The van der Waals surface area contributed by atoms with Gasteiger partial charge in [-0.25, -0.2) is 13.1 Å². The van der Waals surface area contributed by atoms with Crippen molar-refractivity contribution in [3.05, 3.63) is 89.5 Å². The number of sulfonamides is 1. The summed E-state index contributed by atoms with van der Waals surface area (Å²) in [5.74, 6) is -0.450. The van der Waals surface area contributed by atoms with Crippen molar-refractivity contribution in [3.63, 3.8) is 0 Å². The highest BCUT2D eigenvalue weighted by Gasteiger charge is 2.51. The van der Waals surface area contributed by atoms with E-state index < -0.39 is 27.1 Å². The molecule has 7 nitrogen and oxygen atoms in total. The second-order valence-corrected chi connectivity index (χ2v) is 13.7. The minimum atomic E-state index is -3.75. The minimum absolute atomic E-state index is 0.0758. The molecule has 2 saturated heterocycles. The topological polar surface area (TPSA) is 89.9 Å². The molecule has 2 bridgehead atoms. The van der Waals surface area contributed by atoms with E-state index in [-0.39, 0.29) is 4.90 Å². The molecule has 3 aliphatic rings. The number of hydrogen-bond donors (Lipinski definition) is 2. The van der Waals surface area contributed by atoms with Crippen LogP contribution < -0.4 is 14.5 Å². The van der Waals surface area contributed by atoms with Crippen molar-refractivity contribution < 1.29 is 18.3 Å². The number of hydrogen-bond acceptors (Lipinski definition) is 5. The van der Waals surface area contributed by atoms with Crippen molar-refractivity contribution in [3.8, 4) is 0 Å². The Labute approximate surface area is 230 Å². The molecule has 2 fully saturated rings. The number of benzene rings is 3. The summed E-state index contributed by atoms with van der Waals surface area (Å²) in [5, 5.41) is 11.9. The van der Waals surface area contributed by atoms with E-state index in [1.54, 1.807) is 37.8 Å². The fourth-order valence-corrected chi connectivity index (χ4v) is 7.92. The monoisotopic (exact) mass is 545 g/mol. The third-order valence-corrected chi connectivity index (χ3v) is 9.96. The highest BCUT2D eigenvalue weighted by atomic mass is 32.2. The quantitative estimate of drug-likeness (QED) is 0.470. The Morgan fingerprint density at radius 1 is 0.897 bits per heavy atom. The Morgan fingerprint density at radius 2 is 1.49 bits per heavy atom. The van der Waals surface area contributed by atoms with Crippen LogP contribution in [-0.4, -0.2) is 37.1 Å². The molecule has 8 heteroatoms. The SMILES string of the molecule is CC(C)(C)NS(=O)(=O)c1ccc(C2(O)C(=O)N(Cc3ccc(N4C5CCC4CC5)cc3)c3ccccc32)cc1. The van der Waals surface area contributed by atoms with E-state index in [2.05, 4.69) is 33.9 Å². The molecule has 3 aromatic rings. The number of nitrogens with one attached hydrogen (secondary N) is 1. The van der Waals surface area contributed by atoms with Gasteiger partial charge in [-0.2, -0.15) is 0 Å². The van der Waals surface area contributed by atoms with Gasteiger partial charge >= 0.3 is 0 Å². The van der Waals surface area contributed by atoms with Crippen LogP contribution in [0.1, 0.15) is 63.1 Å². The van der Waals surface area contributed by atoms with Gasteiger partial charge in [-0.05, 0) is 87.9 Å². The van der Waals surface area contributed by atoms with Crippen molar-refractivity contribution >= 4 is 27.3 Å². The number of anilines is 2. The molecule has 2 N–H and O–H groups in total. The summed E-state index contributed by atoms with van der Waals surface area (Å²) in [6, 6.07) is 22.9. The number of carbonyl (C=O) groups excluding carboxylic acids is 1. The zero-order valence-corrected chi connectivity index (χ0v) is 23.4. The van der Waals surface area contributed by atoms with Crippen LogP contribution in [0.25, 0.3) is 0 Å². The molecule has 6 rings (SSSR count). The average molecular weight is 546 g/mol. The highest BCUT2D eigenvalue weighted by molar-refractivity contribution is 7.89. The predicted molar refractivity (Wildman–Crippen MR) is 152 cm³/mol. The molecule has 1 unspecified atom stereocenters. The smallest absolute Gasteiger partial charge is 0.268 e. The maximum absolute atomic E-state index is 13.9. The number of fused-ring (bicyclic) bond motifs is 3. The molecule has 204 valence electrons. The Kier molecular flexibility index (Phi) is 6.13. The van der Waals surface area contributed by atoms with E-state index in [0.29, 0.717) is 35.4 Å². The van der Waals surface area contributed by atoms with E-state index in [0.717, 1.165) is 5.56 Å². The van der Waals surface area contributed by atoms with Gasteiger partial charge < -0.3 is 14.9 Å². The number of nitrogens with zero attached hydrogens (tertiary/aromatic N) is 2. The Morgan fingerprint density at radius 3 is 2.08 bits per heavy atom. The van der Waals surface area contributed by atoms with Gasteiger partial charge in [-0.15, -0.1) is 0 Å². The number of para-hydroxylation sites is 1. The van der Waals surface area contributed by atoms with E-state index in [1.807, 2.05) is 12.1 Å². The first-order valence-electron chi connectivity index (χ1n) is 13.6. The van der Waals surface area contributed by atoms with E-state index in [4.69, 9.17) is 0 Å². The lowest BCUT2D eigenvalue weighted by molar-refractivity contribution is -0.132. The first-order chi connectivity index (χ1) is 18.5. The molecule has 1 atom stereocenters. The molecule has 0 aromatic heterocycles. The largest absolute Gasteiger partial charge is 0.372 e. The third kappa shape index (κ3) is 4.44. The van der Waals surface area contributed by atoms with Crippen molar-refractivity contribution in [2.75, 3.05) is 9.80 Å². The lowest BCUT2D eigenvalue weighted by Gasteiger charge is -2.26. The van der Waals surface area contributed by atoms with Crippen molar-refractivity contribution in [2.24, 2.45) is 0 Å². The number of aliphatic hydroxyl groups is 1. The molecule has 0 radical (unpaired) electrons. The first kappa shape index (κ1) is 26.0. The van der Waals surface area contributed by atoms with Gasteiger partial charge in [-0.3, -0.25) is 4.79 Å². The van der Waals surface area contributed by atoms with E-state index in [1.165, 1.54) is 55.6 Å². The predicted octanol–water partition coefficient (Wildman–Crippen LogP) is 4.68. The summed E-state index contributed by atoms with van der Waals surface area (Å²) in [7, 11) is -3.75. The lowest BCUT2D eigenvalue weighted by Crippen LogP contribution is -2.41. The Balaban J connectivity index is 1.27. The molecular formula is C31H35N3O4S. The molecule has 3 aromatic carbocycles. The third-order valence-electron chi connectivity index (χ3n) is 8.19. The summed E-state index contributed by atoms with van der Waals surface area (Å²) >= 11 is 0. The molecule has 0 spiro atoms.